The molecule has 1 aliphatic heterocycles. The van der Waals surface area contributed by atoms with Crippen LogP contribution >= 0.6 is 0 Å². The van der Waals surface area contributed by atoms with Crippen LogP contribution in [0.2, 0.25) is 0 Å². The first kappa shape index (κ1) is 13.5. The fraction of sp³-hybridized carbons (Fsp3) is 0.600. The number of aliphatic hydroxyl groups excluding tert-OH is 1. The van der Waals surface area contributed by atoms with Crippen molar-refractivity contribution in [2.24, 2.45) is 0 Å². The Balaban J connectivity index is 2.11. The van der Waals surface area contributed by atoms with E-state index in [9.17, 15) is 5.11 Å². The highest BCUT2D eigenvalue weighted by atomic mass is 16.3. The molecule has 0 aromatic heterocycles. The molecule has 1 aromatic rings. The van der Waals surface area contributed by atoms with Gasteiger partial charge in [-0.3, -0.25) is 4.90 Å². The third-order valence-electron chi connectivity index (χ3n) is 3.90. The number of hydrogen-bond acceptors (Lipinski definition) is 3. The van der Waals surface area contributed by atoms with E-state index in [-0.39, 0.29) is 18.2 Å². The molecule has 1 atom stereocenters. The van der Waals surface area contributed by atoms with Crippen LogP contribution < -0.4 is 5.32 Å². The van der Waals surface area contributed by atoms with Gasteiger partial charge in [-0.15, -0.1) is 0 Å². The Kier molecular flexibility index (Phi) is 4.38. The lowest BCUT2D eigenvalue weighted by molar-refractivity contribution is 0.100. The Bertz CT molecular complexity index is 364. The van der Waals surface area contributed by atoms with E-state index in [4.69, 9.17) is 0 Å². The fourth-order valence-corrected chi connectivity index (χ4v) is 2.52. The number of benzene rings is 1. The monoisotopic (exact) mass is 248 g/mol. The summed E-state index contributed by atoms with van der Waals surface area (Å²) >= 11 is 0. The summed E-state index contributed by atoms with van der Waals surface area (Å²) in [4.78, 5) is 2.48. The van der Waals surface area contributed by atoms with Crippen molar-refractivity contribution in [3.05, 3.63) is 35.9 Å². The maximum absolute atomic E-state index is 9.38. The summed E-state index contributed by atoms with van der Waals surface area (Å²) in [5.74, 6) is 0. The van der Waals surface area contributed by atoms with Crippen LogP contribution in [0.1, 0.15) is 25.8 Å². The molecule has 2 N–H and O–H groups in total. The quantitative estimate of drug-likeness (QED) is 0.853. The molecule has 1 unspecified atom stereocenters. The highest BCUT2D eigenvalue weighted by Crippen LogP contribution is 2.23. The van der Waals surface area contributed by atoms with Gasteiger partial charge in [0.15, 0.2) is 0 Å². The SMILES string of the molecule is CC1(C)CCNC(CO)CN1Cc1ccccc1. The largest absolute Gasteiger partial charge is 0.395 e. The lowest BCUT2D eigenvalue weighted by atomic mass is 9.97. The maximum atomic E-state index is 9.38. The molecule has 18 heavy (non-hydrogen) atoms. The Morgan fingerprint density at radius 1 is 1.33 bits per heavy atom. The smallest absolute Gasteiger partial charge is 0.0597 e. The Hall–Kier alpha value is -0.900. The summed E-state index contributed by atoms with van der Waals surface area (Å²) in [5.41, 5.74) is 1.51. The molecule has 2 rings (SSSR count). The van der Waals surface area contributed by atoms with Crippen molar-refractivity contribution in [1.82, 2.24) is 10.2 Å². The second-order valence-electron chi connectivity index (χ2n) is 5.76. The highest BCUT2D eigenvalue weighted by Gasteiger charge is 2.31. The Labute approximate surface area is 110 Å². The Morgan fingerprint density at radius 3 is 2.72 bits per heavy atom. The van der Waals surface area contributed by atoms with E-state index < -0.39 is 0 Å². The van der Waals surface area contributed by atoms with E-state index in [0.717, 1.165) is 26.1 Å². The molecule has 1 aliphatic rings. The fourth-order valence-electron chi connectivity index (χ4n) is 2.52. The van der Waals surface area contributed by atoms with Gasteiger partial charge in [0, 0.05) is 24.7 Å². The van der Waals surface area contributed by atoms with E-state index in [1.54, 1.807) is 0 Å². The lowest BCUT2D eigenvalue weighted by Gasteiger charge is -2.37. The van der Waals surface area contributed by atoms with Crippen LogP contribution in [-0.2, 0) is 6.54 Å². The van der Waals surface area contributed by atoms with E-state index in [2.05, 4.69) is 54.4 Å². The third kappa shape index (κ3) is 3.31. The van der Waals surface area contributed by atoms with E-state index >= 15 is 0 Å². The van der Waals surface area contributed by atoms with Crippen LogP contribution in [0.4, 0.5) is 0 Å². The van der Waals surface area contributed by atoms with E-state index in [1.807, 2.05) is 0 Å². The molecule has 1 fully saturated rings. The number of nitrogens with one attached hydrogen (secondary N) is 1. The predicted octanol–water partition coefficient (Wildman–Crippen LogP) is 1.62. The van der Waals surface area contributed by atoms with Crippen LogP contribution in [0.25, 0.3) is 0 Å². The number of aliphatic hydroxyl groups is 1. The van der Waals surface area contributed by atoms with Crippen molar-refractivity contribution in [2.45, 2.75) is 38.4 Å². The minimum atomic E-state index is 0.173. The summed E-state index contributed by atoms with van der Waals surface area (Å²) in [6.07, 6.45) is 1.11. The molecular weight excluding hydrogens is 224 g/mol. The minimum absolute atomic E-state index is 0.173. The first-order chi connectivity index (χ1) is 8.62. The molecule has 0 saturated carbocycles. The molecule has 0 bridgehead atoms. The van der Waals surface area contributed by atoms with Crippen molar-refractivity contribution >= 4 is 0 Å². The summed E-state index contributed by atoms with van der Waals surface area (Å²) in [6, 6.07) is 10.7. The average molecular weight is 248 g/mol. The van der Waals surface area contributed by atoms with Crippen LogP contribution in [0.15, 0.2) is 30.3 Å². The van der Waals surface area contributed by atoms with Gasteiger partial charge in [-0.2, -0.15) is 0 Å². The van der Waals surface area contributed by atoms with E-state index in [0.29, 0.717) is 0 Å². The average Bonchev–Trinajstić information content (AvgIpc) is 2.50. The number of rotatable bonds is 3. The van der Waals surface area contributed by atoms with Crippen LogP contribution in [-0.4, -0.2) is 41.3 Å². The van der Waals surface area contributed by atoms with Crippen LogP contribution in [0.5, 0.6) is 0 Å². The summed E-state index contributed by atoms with van der Waals surface area (Å²) in [7, 11) is 0. The molecule has 0 spiro atoms. The van der Waals surface area contributed by atoms with Gasteiger partial charge in [-0.1, -0.05) is 30.3 Å². The topological polar surface area (TPSA) is 35.5 Å². The number of hydrogen-bond donors (Lipinski definition) is 2. The molecule has 1 saturated heterocycles. The second-order valence-corrected chi connectivity index (χ2v) is 5.76. The summed E-state index contributed by atoms with van der Waals surface area (Å²) in [6.45, 7) is 7.62. The molecular formula is C15H24N2O. The molecule has 3 heteroatoms. The molecule has 0 aliphatic carbocycles. The maximum Gasteiger partial charge on any atom is 0.0597 e. The van der Waals surface area contributed by atoms with Gasteiger partial charge in [0.05, 0.1) is 6.61 Å². The van der Waals surface area contributed by atoms with Crippen molar-refractivity contribution in [1.29, 1.82) is 0 Å². The van der Waals surface area contributed by atoms with Gasteiger partial charge in [0.25, 0.3) is 0 Å². The van der Waals surface area contributed by atoms with Gasteiger partial charge < -0.3 is 10.4 Å². The zero-order chi connectivity index (χ0) is 13.0. The standard InChI is InChI=1S/C15H24N2O/c1-15(2)8-9-16-14(12-18)11-17(15)10-13-6-4-3-5-7-13/h3-7,14,16,18H,8-12H2,1-2H3. The summed E-state index contributed by atoms with van der Waals surface area (Å²) < 4.78 is 0. The van der Waals surface area contributed by atoms with Crippen LogP contribution in [0, 0.1) is 0 Å². The molecule has 1 heterocycles. The second kappa shape index (κ2) is 5.83. The lowest BCUT2D eigenvalue weighted by Crippen LogP contribution is -2.46. The molecule has 0 radical (unpaired) electrons. The number of nitrogens with zero attached hydrogens (tertiary/aromatic N) is 1. The van der Waals surface area contributed by atoms with Crippen molar-refractivity contribution < 1.29 is 5.11 Å². The highest BCUT2D eigenvalue weighted by molar-refractivity contribution is 5.15. The third-order valence-corrected chi connectivity index (χ3v) is 3.90. The molecule has 1 aromatic carbocycles. The van der Waals surface area contributed by atoms with Gasteiger partial charge in [-0.25, -0.2) is 0 Å². The predicted molar refractivity (Wildman–Crippen MR) is 74.4 cm³/mol. The summed E-state index contributed by atoms with van der Waals surface area (Å²) in [5, 5.41) is 12.8. The zero-order valence-electron chi connectivity index (χ0n) is 11.4. The van der Waals surface area contributed by atoms with Crippen molar-refractivity contribution in [2.75, 3.05) is 19.7 Å². The first-order valence-corrected chi connectivity index (χ1v) is 6.75. The van der Waals surface area contributed by atoms with Gasteiger partial charge >= 0.3 is 0 Å². The minimum Gasteiger partial charge on any atom is -0.395 e. The van der Waals surface area contributed by atoms with Gasteiger partial charge in [0.1, 0.15) is 0 Å². The Morgan fingerprint density at radius 2 is 2.06 bits per heavy atom. The first-order valence-electron chi connectivity index (χ1n) is 6.75. The molecule has 100 valence electrons. The normalized spacial score (nSPS) is 24.7. The zero-order valence-corrected chi connectivity index (χ0v) is 11.4. The molecule has 3 nitrogen and oxygen atoms in total. The van der Waals surface area contributed by atoms with Crippen molar-refractivity contribution in [3.8, 4) is 0 Å². The van der Waals surface area contributed by atoms with Gasteiger partial charge in [0.2, 0.25) is 0 Å². The molecule has 0 amide bonds. The van der Waals surface area contributed by atoms with Crippen LogP contribution in [0.3, 0.4) is 0 Å². The van der Waals surface area contributed by atoms with E-state index in [1.165, 1.54) is 5.56 Å². The van der Waals surface area contributed by atoms with Crippen molar-refractivity contribution in [3.63, 3.8) is 0 Å². The van der Waals surface area contributed by atoms with Gasteiger partial charge in [-0.05, 0) is 32.4 Å².